The summed E-state index contributed by atoms with van der Waals surface area (Å²) in [5, 5.41) is 12.3. The summed E-state index contributed by atoms with van der Waals surface area (Å²) in [4.78, 5) is 0. The molecule has 13 heavy (non-hydrogen) atoms. The largest absolute Gasteiger partial charge is 0.393 e. The summed E-state index contributed by atoms with van der Waals surface area (Å²) >= 11 is 0. The molecule has 0 fully saturated rings. The first-order valence-corrected chi connectivity index (χ1v) is 5.16. The highest BCUT2D eigenvalue weighted by molar-refractivity contribution is 4.59. The Bertz CT molecular complexity index is 107. The summed E-state index contributed by atoms with van der Waals surface area (Å²) < 4.78 is 5.26. The maximum absolute atomic E-state index is 9.01. The number of aliphatic hydroxyl groups excluding tert-OH is 1. The summed E-state index contributed by atoms with van der Waals surface area (Å²) in [6.45, 7) is 8.44. The van der Waals surface area contributed by atoms with Crippen molar-refractivity contribution in [2.75, 3.05) is 19.8 Å². The molecule has 0 bridgehead atoms. The molecule has 2 N–H and O–H groups in total. The Morgan fingerprint density at radius 2 is 2.08 bits per heavy atom. The molecule has 3 nitrogen and oxygen atoms in total. The van der Waals surface area contributed by atoms with Gasteiger partial charge in [0.05, 0.1) is 12.7 Å². The summed E-state index contributed by atoms with van der Waals surface area (Å²) in [7, 11) is 0. The topological polar surface area (TPSA) is 41.5 Å². The Morgan fingerprint density at radius 1 is 1.38 bits per heavy atom. The van der Waals surface area contributed by atoms with Crippen molar-refractivity contribution < 1.29 is 9.84 Å². The fourth-order valence-electron chi connectivity index (χ4n) is 1.10. The number of ether oxygens (including phenoxy) is 1. The van der Waals surface area contributed by atoms with Crippen LogP contribution in [0.5, 0.6) is 0 Å². The van der Waals surface area contributed by atoms with Crippen molar-refractivity contribution in [3.05, 3.63) is 0 Å². The lowest BCUT2D eigenvalue weighted by Gasteiger charge is -2.13. The van der Waals surface area contributed by atoms with Gasteiger partial charge in [-0.25, -0.2) is 0 Å². The van der Waals surface area contributed by atoms with Crippen LogP contribution in [0.3, 0.4) is 0 Å². The third-order valence-electron chi connectivity index (χ3n) is 1.86. The van der Waals surface area contributed by atoms with Crippen LogP contribution >= 0.6 is 0 Å². The van der Waals surface area contributed by atoms with Crippen LogP contribution in [0.1, 0.15) is 33.6 Å². The Hall–Kier alpha value is -0.120. The Labute approximate surface area is 81.5 Å². The number of hydrogen-bond acceptors (Lipinski definition) is 3. The minimum atomic E-state index is -0.177. The van der Waals surface area contributed by atoms with Crippen LogP contribution < -0.4 is 5.32 Å². The average molecular weight is 189 g/mol. The lowest BCUT2D eigenvalue weighted by molar-refractivity contribution is 0.126. The van der Waals surface area contributed by atoms with Crippen LogP contribution in [0, 0.1) is 0 Å². The van der Waals surface area contributed by atoms with Crippen LogP contribution in [0.15, 0.2) is 0 Å². The lowest BCUT2D eigenvalue weighted by atomic mass is 10.2. The normalized spacial score (nSPS) is 15.7. The molecule has 0 saturated carbocycles. The van der Waals surface area contributed by atoms with Crippen molar-refractivity contribution in [3.8, 4) is 0 Å². The van der Waals surface area contributed by atoms with Crippen molar-refractivity contribution in [1.29, 1.82) is 0 Å². The average Bonchev–Trinajstić information content (AvgIpc) is 2.08. The summed E-state index contributed by atoms with van der Waals surface area (Å²) in [5.74, 6) is 0. The standard InChI is InChI=1S/C10H23NO2/c1-4-13-8-9(2)11-7-5-6-10(3)12/h9-12H,4-8H2,1-3H3. The smallest absolute Gasteiger partial charge is 0.0616 e. The van der Waals surface area contributed by atoms with Gasteiger partial charge in [0.2, 0.25) is 0 Å². The third kappa shape index (κ3) is 9.80. The lowest BCUT2D eigenvalue weighted by Crippen LogP contribution is -2.31. The maximum atomic E-state index is 9.01. The quantitative estimate of drug-likeness (QED) is 0.563. The molecule has 0 aromatic rings. The molecule has 0 aromatic carbocycles. The van der Waals surface area contributed by atoms with Gasteiger partial charge in [0.15, 0.2) is 0 Å². The van der Waals surface area contributed by atoms with Gasteiger partial charge in [-0.2, -0.15) is 0 Å². The molecule has 2 unspecified atom stereocenters. The third-order valence-corrected chi connectivity index (χ3v) is 1.86. The van der Waals surface area contributed by atoms with E-state index in [2.05, 4.69) is 12.2 Å². The molecule has 0 rings (SSSR count). The van der Waals surface area contributed by atoms with Crippen LogP contribution in [0.4, 0.5) is 0 Å². The Kier molecular flexibility index (Phi) is 8.40. The van der Waals surface area contributed by atoms with Gasteiger partial charge < -0.3 is 15.2 Å². The molecule has 3 heteroatoms. The first-order chi connectivity index (χ1) is 6.16. The molecule has 80 valence electrons. The molecule has 2 atom stereocenters. The SMILES string of the molecule is CCOCC(C)NCCCC(C)O. The van der Waals surface area contributed by atoms with Crippen LogP contribution in [0.2, 0.25) is 0 Å². The number of hydrogen-bond donors (Lipinski definition) is 2. The Balaban J connectivity index is 3.12. The minimum absolute atomic E-state index is 0.177. The molecule has 0 heterocycles. The summed E-state index contributed by atoms with van der Waals surface area (Å²) in [6, 6.07) is 0.411. The van der Waals surface area contributed by atoms with E-state index in [-0.39, 0.29) is 6.10 Å². The molecule has 0 aliphatic rings. The molecule has 0 aliphatic carbocycles. The van der Waals surface area contributed by atoms with E-state index >= 15 is 0 Å². The zero-order valence-corrected chi connectivity index (χ0v) is 9.05. The minimum Gasteiger partial charge on any atom is -0.393 e. The van der Waals surface area contributed by atoms with Crippen molar-refractivity contribution in [1.82, 2.24) is 5.32 Å². The van der Waals surface area contributed by atoms with E-state index in [1.54, 1.807) is 0 Å². The number of rotatable bonds is 8. The van der Waals surface area contributed by atoms with Gasteiger partial charge in [-0.3, -0.25) is 0 Å². The molecule has 0 spiro atoms. The highest BCUT2D eigenvalue weighted by Gasteiger charge is 2.00. The molecule has 0 amide bonds. The number of nitrogens with one attached hydrogen (secondary N) is 1. The fourth-order valence-corrected chi connectivity index (χ4v) is 1.10. The van der Waals surface area contributed by atoms with E-state index in [4.69, 9.17) is 9.84 Å². The van der Waals surface area contributed by atoms with E-state index in [9.17, 15) is 0 Å². The maximum Gasteiger partial charge on any atom is 0.0616 e. The zero-order valence-electron chi connectivity index (χ0n) is 9.05. The first kappa shape index (κ1) is 12.9. The van der Waals surface area contributed by atoms with Crippen molar-refractivity contribution in [2.45, 2.75) is 45.8 Å². The molecule has 0 saturated heterocycles. The molecule has 0 radical (unpaired) electrons. The first-order valence-electron chi connectivity index (χ1n) is 5.16. The predicted octanol–water partition coefficient (Wildman–Crippen LogP) is 1.16. The van der Waals surface area contributed by atoms with Crippen LogP contribution in [-0.2, 0) is 4.74 Å². The monoisotopic (exact) mass is 189 g/mol. The molecule has 0 aromatic heterocycles. The van der Waals surface area contributed by atoms with Gasteiger partial charge in [-0.1, -0.05) is 0 Å². The van der Waals surface area contributed by atoms with E-state index in [0.29, 0.717) is 6.04 Å². The zero-order chi connectivity index (χ0) is 10.1. The predicted molar refractivity (Wildman–Crippen MR) is 54.9 cm³/mol. The van der Waals surface area contributed by atoms with E-state index in [0.717, 1.165) is 32.6 Å². The second-order valence-electron chi connectivity index (χ2n) is 3.51. The van der Waals surface area contributed by atoms with Gasteiger partial charge in [0.1, 0.15) is 0 Å². The van der Waals surface area contributed by atoms with Crippen molar-refractivity contribution in [2.24, 2.45) is 0 Å². The summed E-state index contributed by atoms with van der Waals surface area (Å²) in [6.07, 6.45) is 1.71. The second kappa shape index (κ2) is 8.48. The van der Waals surface area contributed by atoms with Crippen LogP contribution in [-0.4, -0.2) is 37.0 Å². The van der Waals surface area contributed by atoms with Gasteiger partial charge in [0.25, 0.3) is 0 Å². The van der Waals surface area contributed by atoms with E-state index in [1.807, 2.05) is 13.8 Å². The van der Waals surface area contributed by atoms with Crippen molar-refractivity contribution in [3.63, 3.8) is 0 Å². The van der Waals surface area contributed by atoms with E-state index in [1.165, 1.54) is 0 Å². The fraction of sp³-hybridized carbons (Fsp3) is 1.00. The van der Waals surface area contributed by atoms with E-state index < -0.39 is 0 Å². The highest BCUT2D eigenvalue weighted by Crippen LogP contribution is 1.94. The molecule has 0 aliphatic heterocycles. The van der Waals surface area contributed by atoms with Gasteiger partial charge in [0, 0.05) is 12.6 Å². The Morgan fingerprint density at radius 3 is 2.62 bits per heavy atom. The molecular weight excluding hydrogens is 166 g/mol. The van der Waals surface area contributed by atoms with Crippen molar-refractivity contribution >= 4 is 0 Å². The van der Waals surface area contributed by atoms with Crippen LogP contribution in [0.25, 0.3) is 0 Å². The van der Waals surface area contributed by atoms with Gasteiger partial charge in [-0.05, 0) is 40.2 Å². The van der Waals surface area contributed by atoms with Gasteiger partial charge in [-0.15, -0.1) is 0 Å². The van der Waals surface area contributed by atoms with Gasteiger partial charge >= 0.3 is 0 Å². The molecular formula is C10H23NO2. The summed E-state index contributed by atoms with van der Waals surface area (Å²) in [5.41, 5.74) is 0. The number of aliphatic hydroxyl groups is 1. The highest BCUT2D eigenvalue weighted by atomic mass is 16.5. The second-order valence-corrected chi connectivity index (χ2v) is 3.51.